The van der Waals surface area contributed by atoms with Crippen molar-refractivity contribution in [1.29, 1.82) is 5.41 Å². The van der Waals surface area contributed by atoms with Crippen molar-refractivity contribution in [1.82, 2.24) is 16.0 Å². The van der Waals surface area contributed by atoms with Crippen LogP contribution in [0.15, 0.2) is 54.6 Å². The Kier molecular flexibility index (Phi) is 10.0. The van der Waals surface area contributed by atoms with Gasteiger partial charge in [-0.3, -0.25) is 14.4 Å². The molecule has 33 heavy (non-hydrogen) atoms. The van der Waals surface area contributed by atoms with Gasteiger partial charge in [0.05, 0.1) is 6.10 Å². The van der Waals surface area contributed by atoms with Crippen LogP contribution in [0.25, 0.3) is 0 Å². The van der Waals surface area contributed by atoms with Crippen molar-refractivity contribution in [2.45, 2.75) is 50.9 Å². The molecule has 9 heteroatoms. The van der Waals surface area contributed by atoms with Gasteiger partial charge in [0, 0.05) is 31.8 Å². The molecule has 0 aliphatic carbocycles. The second kappa shape index (κ2) is 13.0. The average molecular weight is 454 g/mol. The van der Waals surface area contributed by atoms with Crippen LogP contribution in [0.4, 0.5) is 5.69 Å². The van der Waals surface area contributed by atoms with Gasteiger partial charge in [-0.2, -0.15) is 0 Å². The zero-order valence-corrected chi connectivity index (χ0v) is 18.6. The molecule has 0 saturated carbocycles. The van der Waals surface area contributed by atoms with Gasteiger partial charge in [-0.15, -0.1) is 0 Å². The third-order valence-electron chi connectivity index (χ3n) is 5.00. The Bertz CT molecular complexity index is 934. The van der Waals surface area contributed by atoms with Crippen molar-refractivity contribution in [2.24, 2.45) is 0 Å². The molecule has 0 saturated heterocycles. The van der Waals surface area contributed by atoms with E-state index in [2.05, 4.69) is 16.0 Å². The molecule has 0 heterocycles. The Morgan fingerprint density at radius 3 is 2.21 bits per heavy atom. The molecular weight excluding hydrogens is 422 g/mol. The van der Waals surface area contributed by atoms with Crippen molar-refractivity contribution in [3.8, 4) is 0 Å². The standard InChI is InChI=1S/C24H31N5O4/c1-16(30)28-22(13-17-7-9-19(26)10-8-17)24(33)29-21(12-11-20(31)14-25)23(32)27-15-18-5-3-2-4-6-18/h2-10,14,20-22,25,31H,11-13,15,26H2,1H3,(H,27,32)(H,28,30)(H,29,33)/t20?,21-,22-/m0/s1. The van der Waals surface area contributed by atoms with Crippen LogP contribution in [0.2, 0.25) is 0 Å². The summed E-state index contributed by atoms with van der Waals surface area (Å²) in [5, 5.41) is 25.0. The maximum atomic E-state index is 13.0. The number of hydrogen-bond acceptors (Lipinski definition) is 6. The SMILES string of the molecule is CC(=O)N[C@@H](Cc1ccc(N)cc1)C(=O)N[C@@H](CCC(O)C=N)C(=O)NCc1ccccc1. The van der Waals surface area contributed by atoms with Crippen LogP contribution in [-0.2, 0) is 27.3 Å². The first-order valence-corrected chi connectivity index (χ1v) is 10.7. The van der Waals surface area contributed by atoms with E-state index in [1.165, 1.54) is 6.92 Å². The lowest BCUT2D eigenvalue weighted by molar-refractivity contribution is -0.132. The van der Waals surface area contributed by atoms with Crippen LogP contribution in [0.1, 0.15) is 30.9 Å². The molecule has 9 nitrogen and oxygen atoms in total. The maximum absolute atomic E-state index is 13.0. The van der Waals surface area contributed by atoms with Gasteiger partial charge in [-0.25, -0.2) is 0 Å². The number of nitrogens with two attached hydrogens (primary N) is 1. The van der Waals surface area contributed by atoms with Crippen molar-refractivity contribution in [2.75, 3.05) is 5.73 Å². The number of aliphatic hydroxyl groups excluding tert-OH is 1. The maximum Gasteiger partial charge on any atom is 0.243 e. The minimum Gasteiger partial charge on any atom is -0.399 e. The second-order valence-corrected chi connectivity index (χ2v) is 7.77. The number of nitrogens with one attached hydrogen (secondary N) is 4. The van der Waals surface area contributed by atoms with E-state index in [-0.39, 0.29) is 31.7 Å². The predicted molar refractivity (Wildman–Crippen MR) is 126 cm³/mol. The quantitative estimate of drug-likeness (QED) is 0.208. The molecule has 0 spiro atoms. The fourth-order valence-electron chi connectivity index (χ4n) is 3.21. The van der Waals surface area contributed by atoms with Gasteiger partial charge < -0.3 is 32.2 Å². The zero-order valence-electron chi connectivity index (χ0n) is 18.6. The summed E-state index contributed by atoms with van der Waals surface area (Å²) in [5.74, 6) is -1.32. The lowest BCUT2D eigenvalue weighted by Crippen LogP contribution is -2.54. The first-order valence-electron chi connectivity index (χ1n) is 10.7. The molecule has 7 N–H and O–H groups in total. The minimum absolute atomic E-state index is 0.121. The Labute approximate surface area is 193 Å². The van der Waals surface area contributed by atoms with Gasteiger partial charge in [0.1, 0.15) is 12.1 Å². The van der Waals surface area contributed by atoms with E-state index >= 15 is 0 Å². The van der Waals surface area contributed by atoms with E-state index in [1.54, 1.807) is 24.3 Å². The van der Waals surface area contributed by atoms with Crippen LogP contribution < -0.4 is 21.7 Å². The summed E-state index contributed by atoms with van der Waals surface area (Å²) >= 11 is 0. The number of benzene rings is 2. The number of amides is 3. The third kappa shape index (κ3) is 9.12. The molecule has 2 rings (SSSR count). The van der Waals surface area contributed by atoms with Crippen molar-refractivity contribution in [3.63, 3.8) is 0 Å². The fraction of sp³-hybridized carbons (Fsp3) is 0.333. The molecule has 1 unspecified atom stereocenters. The molecule has 176 valence electrons. The van der Waals surface area contributed by atoms with Crippen LogP contribution in [0.5, 0.6) is 0 Å². The normalized spacial score (nSPS) is 13.3. The number of carbonyl (C=O) groups is 3. The molecule has 0 aliphatic rings. The summed E-state index contributed by atoms with van der Waals surface area (Å²) in [6, 6.07) is 14.4. The Morgan fingerprint density at radius 1 is 0.939 bits per heavy atom. The third-order valence-corrected chi connectivity index (χ3v) is 5.00. The highest BCUT2D eigenvalue weighted by Gasteiger charge is 2.26. The number of rotatable bonds is 12. The number of aliphatic hydroxyl groups is 1. The van der Waals surface area contributed by atoms with Crippen LogP contribution in [0.3, 0.4) is 0 Å². The van der Waals surface area contributed by atoms with Gasteiger partial charge >= 0.3 is 0 Å². The van der Waals surface area contributed by atoms with Gasteiger partial charge in [-0.05, 0) is 36.1 Å². The van der Waals surface area contributed by atoms with E-state index in [0.29, 0.717) is 5.69 Å². The second-order valence-electron chi connectivity index (χ2n) is 7.77. The van der Waals surface area contributed by atoms with Crippen LogP contribution >= 0.6 is 0 Å². The first-order chi connectivity index (χ1) is 15.8. The van der Waals surface area contributed by atoms with Crippen LogP contribution in [0, 0.1) is 5.41 Å². The summed E-state index contributed by atoms with van der Waals surface area (Å²) in [6.07, 6.45) is 0.315. The van der Waals surface area contributed by atoms with Gasteiger partial charge in [-0.1, -0.05) is 42.5 Å². The lowest BCUT2D eigenvalue weighted by Gasteiger charge is -2.23. The number of carbonyl (C=O) groups excluding carboxylic acids is 3. The first kappa shape index (κ1) is 25.5. The molecule has 0 fully saturated rings. The van der Waals surface area contributed by atoms with Crippen molar-refractivity contribution in [3.05, 3.63) is 65.7 Å². The Morgan fingerprint density at radius 2 is 1.61 bits per heavy atom. The summed E-state index contributed by atoms with van der Waals surface area (Å²) in [6.45, 7) is 1.59. The van der Waals surface area contributed by atoms with Gasteiger partial charge in [0.25, 0.3) is 0 Å². The molecule has 3 atom stereocenters. The monoisotopic (exact) mass is 453 g/mol. The molecule has 0 bridgehead atoms. The fourth-order valence-corrected chi connectivity index (χ4v) is 3.21. The summed E-state index contributed by atoms with van der Waals surface area (Å²) in [7, 11) is 0. The Balaban J connectivity index is 2.10. The number of anilines is 1. The van der Waals surface area contributed by atoms with Gasteiger partial charge in [0.2, 0.25) is 17.7 Å². The smallest absolute Gasteiger partial charge is 0.243 e. The van der Waals surface area contributed by atoms with E-state index < -0.39 is 30.0 Å². The van der Waals surface area contributed by atoms with E-state index in [0.717, 1.165) is 17.3 Å². The Hall–Kier alpha value is -3.72. The summed E-state index contributed by atoms with van der Waals surface area (Å²) in [4.78, 5) is 37.5. The molecular formula is C24H31N5O4. The molecule has 3 amide bonds. The number of hydrogen-bond donors (Lipinski definition) is 6. The van der Waals surface area contributed by atoms with E-state index in [1.807, 2.05) is 30.3 Å². The highest BCUT2D eigenvalue weighted by Crippen LogP contribution is 2.10. The predicted octanol–water partition coefficient (Wildman–Crippen LogP) is 0.908. The van der Waals surface area contributed by atoms with Gasteiger partial charge in [0.15, 0.2) is 0 Å². The van der Waals surface area contributed by atoms with E-state index in [4.69, 9.17) is 11.1 Å². The molecule has 0 aromatic heterocycles. The highest BCUT2D eigenvalue weighted by atomic mass is 16.3. The number of nitrogen functional groups attached to an aromatic ring is 1. The highest BCUT2D eigenvalue weighted by molar-refractivity contribution is 5.92. The molecule has 0 radical (unpaired) electrons. The van der Waals surface area contributed by atoms with Crippen molar-refractivity contribution >= 4 is 29.6 Å². The van der Waals surface area contributed by atoms with Crippen LogP contribution in [-0.4, -0.2) is 47.2 Å². The zero-order chi connectivity index (χ0) is 24.2. The molecule has 0 aliphatic heterocycles. The minimum atomic E-state index is -1.02. The topological polar surface area (TPSA) is 157 Å². The largest absolute Gasteiger partial charge is 0.399 e. The summed E-state index contributed by atoms with van der Waals surface area (Å²) in [5.41, 5.74) is 7.98. The average Bonchev–Trinajstić information content (AvgIpc) is 2.81. The molecule has 2 aromatic carbocycles. The summed E-state index contributed by atoms with van der Waals surface area (Å²) < 4.78 is 0. The molecule has 2 aromatic rings. The van der Waals surface area contributed by atoms with E-state index in [9.17, 15) is 19.5 Å². The van der Waals surface area contributed by atoms with Crippen molar-refractivity contribution < 1.29 is 19.5 Å². The lowest BCUT2D eigenvalue weighted by atomic mass is 10.0.